The minimum atomic E-state index is -1.31. The Hall–Kier alpha value is -2.12. The van der Waals surface area contributed by atoms with Crippen LogP contribution < -0.4 is 15.6 Å². The molecule has 8 heteroatoms. The summed E-state index contributed by atoms with van der Waals surface area (Å²) in [5.41, 5.74) is -0.309. The van der Waals surface area contributed by atoms with E-state index in [1.54, 1.807) is 4.57 Å². The fourth-order valence-corrected chi connectivity index (χ4v) is 4.81. The summed E-state index contributed by atoms with van der Waals surface area (Å²) in [5.74, 6) is -1.52. The van der Waals surface area contributed by atoms with Gasteiger partial charge in [-0.15, -0.1) is 0 Å². The van der Waals surface area contributed by atoms with Crippen molar-refractivity contribution >= 4 is 34.2 Å². The van der Waals surface area contributed by atoms with E-state index < -0.39 is 17.2 Å². The van der Waals surface area contributed by atoms with E-state index in [0.717, 1.165) is 31.9 Å². The van der Waals surface area contributed by atoms with Crippen molar-refractivity contribution < 1.29 is 14.3 Å². The lowest BCUT2D eigenvalue weighted by Crippen LogP contribution is -2.35. The van der Waals surface area contributed by atoms with Crippen molar-refractivity contribution in [2.45, 2.75) is 45.2 Å². The predicted octanol–water partition coefficient (Wildman–Crippen LogP) is 3.65. The average molecular weight is 422 g/mol. The van der Waals surface area contributed by atoms with Gasteiger partial charge in [0.05, 0.1) is 21.6 Å². The molecule has 2 aromatic rings. The molecule has 0 spiro atoms. The van der Waals surface area contributed by atoms with Crippen LogP contribution in [0.2, 0.25) is 5.02 Å². The Morgan fingerprint density at radius 2 is 2.14 bits per heavy atom. The second kappa shape index (κ2) is 7.61. The molecular formula is C21H25ClFN3O3. The van der Waals surface area contributed by atoms with Gasteiger partial charge in [-0.25, -0.2) is 9.18 Å². The molecule has 29 heavy (non-hydrogen) atoms. The van der Waals surface area contributed by atoms with Gasteiger partial charge < -0.3 is 19.9 Å². The number of hydrogen-bond donors (Lipinski definition) is 2. The maximum Gasteiger partial charge on any atom is 0.341 e. The Bertz CT molecular complexity index is 1030. The first-order valence-corrected chi connectivity index (χ1v) is 10.5. The van der Waals surface area contributed by atoms with Crippen molar-refractivity contribution in [3.63, 3.8) is 0 Å². The minimum absolute atomic E-state index is 0.0276. The number of fused-ring (bicyclic) bond motifs is 1. The number of pyridine rings is 1. The van der Waals surface area contributed by atoms with Gasteiger partial charge in [-0.3, -0.25) is 4.79 Å². The first kappa shape index (κ1) is 20.2. The maximum absolute atomic E-state index is 15.1. The van der Waals surface area contributed by atoms with Crippen molar-refractivity contribution in [3.05, 3.63) is 38.9 Å². The second-order valence-electron chi connectivity index (χ2n) is 8.07. The third kappa shape index (κ3) is 3.51. The molecule has 2 aliphatic rings. The monoisotopic (exact) mass is 421 g/mol. The predicted molar refractivity (Wildman–Crippen MR) is 112 cm³/mol. The van der Waals surface area contributed by atoms with Crippen molar-refractivity contribution in [1.82, 2.24) is 9.88 Å². The number of halogens is 2. The van der Waals surface area contributed by atoms with E-state index >= 15 is 4.39 Å². The second-order valence-corrected chi connectivity index (χ2v) is 8.45. The molecule has 2 atom stereocenters. The van der Waals surface area contributed by atoms with E-state index in [1.165, 1.54) is 6.20 Å². The molecule has 0 radical (unpaired) electrons. The number of anilines is 1. The highest BCUT2D eigenvalue weighted by Gasteiger charge is 2.33. The number of carboxylic acid groups (broad SMARTS) is 1. The Kier molecular flexibility index (Phi) is 5.29. The van der Waals surface area contributed by atoms with Crippen molar-refractivity contribution in [1.29, 1.82) is 0 Å². The molecular weight excluding hydrogens is 397 g/mol. The van der Waals surface area contributed by atoms with E-state index in [0.29, 0.717) is 36.3 Å². The lowest BCUT2D eigenvalue weighted by atomic mass is 10.0. The standard InChI is InChI=1S/C21H25ClFN3O3/c1-3-24-11(2)12-6-7-25(9-12)19-16(23)8-14-18(17(19)22)26(13-4-5-13)10-15(20(14)27)21(28)29/h8,10-13,24H,3-7,9H2,1-2H3,(H,28,29)/t11-,12-/m1/s1. The SMILES string of the molecule is CCN[C@H](C)[C@@H]1CCN(c2c(F)cc3c(=O)c(C(=O)O)cn(C4CC4)c3c2Cl)C1. The molecule has 0 amide bonds. The molecule has 1 aliphatic carbocycles. The van der Waals surface area contributed by atoms with Gasteiger partial charge in [0.25, 0.3) is 0 Å². The van der Waals surface area contributed by atoms with Crippen LogP contribution in [0.4, 0.5) is 10.1 Å². The Labute approximate surface area is 173 Å². The van der Waals surface area contributed by atoms with Crippen LogP contribution in [0.3, 0.4) is 0 Å². The van der Waals surface area contributed by atoms with Gasteiger partial charge >= 0.3 is 5.97 Å². The van der Waals surface area contributed by atoms with E-state index in [2.05, 4.69) is 19.2 Å². The third-order valence-electron chi connectivity index (χ3n) is 6.13. The molecule has 156 valence electrons. The van der Waals surface area contributed by atoms with Crippen LogP contribution in [0.1, 0.15) is 49.5 Å². The number of aromatic carboxylic acids is 1. The van der Waals surface area contributed by atoms with Crippen LogP contribution in [-0.2, 0) is 0 Å². The van der Waals surface area contributed by atoms with E-state index in [1.807, 2.05) is 4.90 Å². The smallest absolute Gasteiger partial charge is 0.341 e. The fraction of sp³-hybridized carbons (Fsp3) is 0.524. The molecule has 1 aliphatic heterocycles. The largest absolute Gasteiger partial charge is 0.477 e. The molecule has 1 saturated carbocycles. The first-order valence-electron chi connectivity index (χ1n) is 10.1. The van der Waals surface area contributed by atoms with Crippen LogP contribution in [0.5, 0.6) is 0 Å². The number of carboxylic acids is 1. The number of hydrogen-bond acceptors (Lipinski definition) is 4. The molecule has 2 heterocycles. The summed E-state index contributed by atoms with van der Waals surface area (Å²) in [6.45, 7) is 6.43. The summed E-state index contributed by atoms with van der Waals surface area (Å²) in [7, 11) is 0. The highest BCUT2D eigenvalue weighted by Crippen LogP contribution is 2.43. The number of nitrogens with one attached hydrogen (secondary N) is 1. The van der Waals surface area contributed by atoms with Crippen molar-refractivity contribution in [2.75, 3.05) is 24.5 Å². The summed E-state index contributed by atoms with van der Waals surface area (Å²) in [6, 6.07) is 1.56. The molecule has 4 rings (SSSR count). The lowest BCUT2D eigenvalue weighted by Gasteiger charge is -2.25. The zero-order valence-electron chi connectivity index (χ0n) is 16.5. The molecule has 0 bridgehead atoms. The van der Waals surface area contributed by atoms with Gasteiger partial charge in [-0.05, 0) is 44.7 Å². The Balaban J connectivity index is 1.83. The molecule has 0 unspecified atom stereocenters. The first-order chi connectivity index (χ1) is 13.8. The van der Waals surface area contributed by atoms with E-state index in [-0.39, 0.29) is 22.0 Å². The number of carbonyl (C=O) groups is 1. The van der Waals surface area contributed by atoms with Gasteiger partial charge in [0.1, 0.15) is 11.4 Å². The van der Waals surface area contributed by atoms with Crippen molar-refractivity contribution in [2.24, 2.45) is 5.92 Å². The zero-order valence-corrected chi connectivity index (χ0v) is 17.3. The number of rotatable bonds is 6. The van der Waals surface area contributed by atoms with Gasteiger partial charge in [0.15, 0.2) is 0 Å². The van der Waals surface area contributed by atoms with Gasteiger partial charge in [-0.1, -0.05) is 18.5 Å². The van der Waals surface area contributed by atoms with Crippen LogP contribution in [-0.4, -0.2) is 41.3 Å². The highest BCUT2D eigenvalue weighted by atomic mass is 35.5. The molecule has 6 nitrogen and oxygen atoms in total. The van der Waals surface area contributed by atoms with E-state index in [4.69, 9.17) is 11.6 Å². The Morgan fingerprint density at radius 3 is 2.76 bits per heavy atom. The van der Waals surface area contributed by atoms with Gasteiger partial charge in [0, 0.05) is 31.4 Å². The fourth-order valence-electron chi connectivity index (χ4n) is 4.40. The quantitative estimate of drug-likeness (QED) is 0.744. The summed E-state index contributed by atoms with van der Waals surface area (Å²) >= 11 is 6.69. The summed E-state index contributed by atoms with van der Waals surface area (Å²) in [5, 5.41) is 13.0. The van der Waals surface area contributed by atoms with Crippen LogP contribution in [0, 0.1) is 11.7 Å². The third-order valence-corrected chi connectivity index (χ3v) is 6.49. The summed E-state index contributed by atoms with van der Waals surface area (Å²) < 4.78 is 16.9. The Morgan fingerprint density at radius 1 is 1.41 bits per heavy atom. The van der Waals surface area contributed by atoms with Crippen molar-refractivity contribution in [3.8, 4) is 0 Å². The summed E-state index contributed by atoms with van der Waals surface area (Å²) in [4.78, 5) is 26.1. The number of nitrogens with zero attached hydrogens (tertiary/aromatic N) is 2. The highest BCUT2D eigenvalue weighted by molar-refractivity contribution is 6.38. The number of benzene rings is 1. The lowest BCUT2D eigenvalue weighted by molar-refractivity contribution is 0.0695. The zero-order chi connectivity index (χ0) is 20.9. The topological polar surface area (TPSA) is 74.6 Å². The molecule has 2 fully saturated rings. The van der Waals surface area contributed by atoms with E-state index in [9.17, 15) is 14.7 Å². The average Bonchev–Trinajstić information content (AvgIpc) is 3.40. The maximum atomic E-state index is 15.1. The van der Waals surface area contributed by atoms with Gasteiger partial charge in [0.2, 0.25) is 5.43 Å². The minimum Gasteiger partial charge on any atom is -0.477 e. The van der Waals surface area contributed by atoms with Gasteiger partial charge in [-0.2, -0.15) is 0 Å². The molecule has 1 aromatic carbocycles. The van der Waals surface area contributed by atoms with Crippen LogP contribution in [0.15, 0.2) is 17.1 Å². The summed E-state index contributed by atoms with van der Waals surface area (Å²) in [6.07, 6.45) is 4.05. The molecule has 2 N–H and O–H groups in total. The van der Waals surface area contributed by atoms with Crippen LogP contribution in [0.25, 0.3) is 10.9 Å². The normalized spacial score (nSPS) is 20.4. The van der Waals surface area contributed by atoms with Crippen LogP contribution >= 0.6 is 11.6 Å². The molecule has 1 saturated heterocycles. The molecule has 1 aromatic heterocycles. The number of aromatic nitrogens is 1.